The first-order valence-electron chi connectivity index (χ1n) is 5.30. The first-order chi connectivity index (χ1) is 8.16. The SMILES string of the molecule is Cc1cc(Oc2ccccc2)ccc1C(N)=S. The molecule has 2 aromatic rings. The fourth-order valence-electron chi connectivity index (χ4n) is 1.60. The highest BCUT2D eigenvalue weighted by atomic mass is 32.1. The van der Waals surface area contributed by atoms with E-state index in [9.17, 15) is 0 Å². The first kappa shape index (κ1) is 11.6. The summed E-state index contributed by atoms with van der Waals surface area (Å²) in [7, 11) is 0. The molecule has 0 aliphatic carbocycles. The van der Waals surface area contributed by atoms with E-state index in [0.29, 0.717) is 4.99 Å². The molecular weight excluding hydrogens is 230 g/mol. The minimum Gasteiger partial charge on any atom is -0.457 e. The van der Waals surface area contributed by atoms with Gasteiger partial charge >= 0.3 is 0 Å². The first-order valence-corrected chi connectivity index (χ1v) is 5.71. The molecule has 0 radical (unpaired) electrons. The fourth-order valence-corrected chi connectivity index (χ4v) is 1.83. The van der Waals surface area contributed by atoms with Gasteiger partial charge in [-0.3, -0.25) is 0 Å². The Morgan fingerprint density at radius 2 is 1.76 bits per heavy atom. The number of nitrogens with two attached hydrogens (primary N) is 1. The van der Waals surface area contributed by atoms with Gasteiger partial charge in [0.2, 0.25) is 0 Å². The summed E-state index contributed by atoms with van der Waals surface area (Å²) in [5.41, 5.74) is 7.52. The molecule has 0 aromatic heterocycles. The maximum atomic E-state index is 5.71. The van der Waals surface area contributed by atoms with Crippen LogP contribution in [0.4, 0.5) is 0 Å². The number of ether oxygens (including phenoxy) is 1. The Hall–Kier alpha value is -1.87. The lowest BCUT2D eigenvalue weighted by Gasteiger charge is -2.08. The van der Waals surface area contributed by atoms with E-state index in [0.717, 1.165) is 22.6 Å². The van der Waals surface area contributed by atoms with E-state index < -0.39 is 0 Å². The van der Waals surface area contributed by atoms with Gasteiger partial charge < -0.3 is 10.5 Å². The molecule has 0 atom stereocenters. The number of hydrogen-bond donors (Lipinski definition) is 1. The van der Waals surface area contributed by atoms with Crippen LogP contribution in [-0.2, 0) is 0 Å². The molecule has 0 heterocycles. The lowest BCUT2D eigenvalue weighted by molar-refractivity contribution is 0.482. The molecule has 17 heavy (non-hydrogen) atoms. The molecule has 2 rings (SSSR count). The summed E-state index contributed by atoms with van der Waals surface area (Å²) in [6.45, 7) is 1.96. The van der Waals surface area contributed by atoms with E-state index in [-0.39, 0.29) is 0 Å². The monoisotopic (exact) mass is 243 g/mol. The van der Waals surface area contributed by atoms with Gasteiger partial charge in [-0.1, -0.05) is 30.4 Å². The lowest BCUT2D eigenvalue weighted by atomic mass is 10.1. The number of hydrogen-bond acceptors (Lipinski definition) is 2. The Bertz CT molecular complexity index is 537. The molecule has 0 spiro atoms. The Labute approximate surface area is 106 Å². The summed E-state index contributed by atoms with van der Waals surface area (Å²) in [5, 5.41) is 0. The predicted octanol–water partition coefficient (Wildman–Crippen LogP) is 3.42. The van der Waals surface area contributed by atoms with Gasteiger partial charge in [0.1, 0.15) is 16.5 Å². The molecule has 2 aromatic carbocycles. The summed E-state index contributed by atoms with van der Waals surface area (Å²) in [4.78, 5) is 0.411. The number of thiocarbonyl (C=S) groups is 1. The van der Waals surface area contributed by atoms with E-state index in [4.69, 9.17) is 22.7 Å². The third kappa shape index (κ3) is 2.82. The largest absolute Gasteiger partial charge is 0.457 e. The van der Waals surface area contributed by atoms with Gasteiger partial charge in [-0.25, -0.2) is 0 Å². The van der Waals surface area contributed by atoms with Crippen molar-refractivity contribution >= 4 is 17.2 Å². The highest BCUT2D eigenvalue weighted by Gasteiger charge is 2.03. The van der Waals surface area contributed by atoms with Gasteiger partial charge in [-0.15, -0.1) is 0 Å². The molecule has 0 aliphatic rings. The fraction of sp³-hybridized carbons (Fsp3) is 0.0714. The van der Waals surface area contributed by atoms with Crippen molar-refractivity contribution in [1.82, 2.24) is 0 Å². The molecule has 0 aliphatic heterocycles. The minimum atomic E-state index is 0.411. The van der Waals surface area contributed by atoms with Gasteiger partial charge in [0.05, 0.1) is 0 Å². The summed E-state index contributed by atoms with van der Waals surface area (Å²) in [6, 6.07) is 15.3. The minimum absolute atomic E-state index is 0.411. The number of aryl methyl sites for hydroxylation is 1. The molecule has 86 valence electrons. The Morgan fingerprint density at radius 3 is 2.35 bits per heavy atom. The zero-order chi connectivity index (χ0) is 12.3. The molecule has 0 saturated heterocycles. The third-order valence-corrected chi connectivity index (χ3v) is 2.66. The second kappa shape index (κ2) is 4.97. The van der Waals surface area contributed by atoms with Crippen molar-refractivity contribution in [2.45, 2.75) is 6.92 Å². The van der Waals surface area contributed by atoms with Crippen LogP contribution >= 0.6 is 12.2 Å². The third-order valence-electron chi connectivity index (χ3n) is 2.44. The topological polar surface area (TPSA) is 35.2 Å². The van der Waals surface area contributed by atoms with E-state index >= 15 is 0 Å². The highest BCUT2D eigenvalue weighted by Crippen LogP contribution is 2.23. The molecule has 0 unspecified atom stereocenters. The van der Waals surface area contributed by atoms with Gasteiger partial charge in [0.15, 0.2) is 0 Å². The molecule has 0 amide bonds. The average Bonchev–Trinajstić information content (AvgIpc) is 2.30. The summed E-state index contributed by atoms with van der Waals surface area (Å²) >= 11 is 4.96. The maximum absolute atomic E-state index is 5.71. The standard InChI is InChI=1S/C14H13NOS/c1-10-9-12(7-8-13(10)14(15)17)16-11-5-3-2-4-6-11/h2-9H,1H3,(H2,15,17). The summed E-state index contributed by atoms with van der Waals surface area (Å²) < 4.78 is 5.71. The molecule has 3 heteroatoms. The van der Waals surface area contributed by atoms with Crippen molar-refractivity contribution < 1.29 is 4.74 Å². The van der Waals surface area contributed by atoms with Crippen molar-refractivity contribution in [2.24, 2.45) is 5.73 Å². The van der Waals surface area contributed by atoms with Crippen LogP contribution < -0.4 is 10.5 Å². The molecule has 0 saturated carbocycles. The quantitative estimate of drug-likeness (QED) is 0.839. The summed E-state index contributed by atoms with van der Waals surface area (Å²) in [6.07, 6.45) is 0. The second-order valence-electron chi connectivity index (χ2n) is 3.76. The van der Waals surface area contributed by atoms with E-state index in [1.807, 2.05) is 55.5 Å². The van der Waals surface area contributed by atoms with Crippen LogP contribution in [0.2, 0.25) is 0 Å². The summed E-state index contributed by atoms with van der Waals surface area (Å²) in [5.74, 6) is 1.60. The van der Waals surface area contributed by atoms with Crippen molar-refractivity contribution in [2.75, 3.05) is 0 Å². The Morgan fingerprint density at radius 1 is 1.06 bits per heavy atom. The maximum Gasteiger partial charge on any atom is 0.127 e. The highest BCUT2D eigenvalue weighted by molar-refractivity contribution is 7.80. The van der Waals surface area contributed by atoms with Gasteiger partial charge in [0, 0.05) is 5.56 Å². The number of rotatable bonds is 3. The van der Waals surface area contributed by atoms with Crippen LogP contribution in [-0.4, -0.2) is 4.99 Å². The van der Waals surface area contributed by atoms with Crippen LogP contribution in [0.15, 0.2) is 48.5 Å². The van der Waals surface area contributed by atoms with Gasteiger partial charge in [-0.2, -0.15) is 0 Å². The van der Waals surface area contributed by atoms with E-state index in [1.165, 1.54) is 0 Å². The van der Waals surface area contributed by atoms with Crippen LogP contribution in [0.3, 0.4) is 0 Å². The molecule has 0 bridgehead atoms. The number of para-hydroxylation sites is 1. The van der Waals surface area contributed by atoms with Crippen LogP contribution in [0.1, 0.15) is 11.1 Å². The molecule has 0 fully saturated rings. The van der Waals surface area contributed by atoms with Gasteiger partial charge in [0.25, 0.3) is 0 Å². The smallest absolute Gasteiger partial charge is 0.127 e. The normalized spacial score (nSPS) is 9.94. The predicted molar refractivity (Wildman–Crippen MR) is 73.6 cm³/mol. The lowest BCUT2D eigenvalue weighted by Crippen LogP contribution is -2.10. The molecule has 2 N–H and O–H groups in total. The number of benzene rings is 2. The molecular formula is C14H13NOS. The van der Waals surface area contributed by atoms with Crippen molar-refractivity contribution in [3.63, 3.8) is 0 Å². The van der Waals surface area contributed by atoms with Crippen LogP contribution in [0.5, 0.6) is 11.5 Å². The Kier molecular flexibility index (Phi) is 3.40. The van der Waals surface area contributed by atoms with Crippen LogP contribution in [0, 0.1) is 6.92 Å². The van der Waals surface area contributed by atoms with Crippen LogP contribution in [0.25, 0.3) is 0 Å². The van der Waals surface area contributed by atoms with Crippen molar-refractivity contribution in [3.8, 4) is 11.5 Å². The van der Waals surface area contributed by atoms with E-state index in [1.54, 1.807) is 0 Å². The van der Waals surface area contributed by atoms with E-state index in [2.05, 4.69) is 0 Å². The molecule has 2 nitrogen and oxygen atoms in total. The average molecular weight is 243 g/mol. The zero-order valence-electron chi connectivity index (χ0n) is 9.51. The van der Waals surface area contributed by atoms with Crippen molar-refractivity contribution in [3.05, 3.63) is 59.7 Å². The van der Waals surface area contributed by atoms with Gasteiger partial charge in [-0.05, 0) is 42.8 Å². The second-order valence-corrected chi connectivity index (χ2v) is 4.20. The zero-order valence-corrected chi connectivity index (χ0v) is 10.3. The Balaban J connectivity index is 2.24. The van der Waals surface area contributed by atoms with Crippen molar-refractivity contribution in [1.29, 1.82) is 0 Å².